The monoisotopic (exact) mass is 361 g/mol. The van der Waals surface area contributed by atoms with E-state index in [-0.39, 0.29) is 5.75 Å². The molecule has 0 saturated carbocycles. The Hall–Kier alpha value is -2.07. The molecule has 1 rings (SSSR count). The molecule has 0 saturated heterocycles. The van der Waals surface area contributed by atoms with Crippen molar-refractivity contribution in [1.29, 1.82) is 0 Å². The van der Waals surface area contributed by atoms with E-state index in [2.05, 4.69) is 18.9 Å². The summed E-state index contributed by atoms with van der Waals surface area (Å²) in [6, 6.07) is 8.32. The van der Waals surface area contributed by atoms with Crippen molar-refractivity contribution in [2.75, 3.05) is 20.0 Å². The molecule has 10 heteroatoms. The molecule has 0 fully saturated rings. The Bertz CT molecular complexity index is 671. The van der Waals surface area contributed by atoms with Gasteiger partial charge in [-0.2, -0.15) is 8.42 Å². The Balaban J connectivity index is 2.78. The van der Waals surface area contributed by atoms with Crippen LogP contribution in [0.2, 0.25) is 0 Å². The fourth-order valence-corrected chi connectivity index (χ4v) is 2.84. The third-order valence-electron chi connectivity index (χ3n) is 2.33. The molecule has 0 atom stereocenters. The highest BCUT2D eigenvalue weighted by molar-refractivity contribution is 8.16. The van der Waals surface area contributed by atoms with Crippen molar-refractivity contribution >= 4 is 38.9 Å². The summed E-state index contributed by atoms with van der Waals surface area (Å²) in [7, 11) is -1.77. The van der Waals surface area contributed by atoms with Crippen molar-refractivity contribution in [2.45, 2.75) is 5.75 Å². The Morgan fingerprint density at radius 3 is 2.35 bits per heavy atom. The van der Waals surface area contributed by atoms with Crippen LogP contribution in [0.3, 0.4) is 0 Å². The molecule has 0 heterocycles. The van der Waals surface area contributed by atoms with E-state index >= 15 is 0 Å². The van der Waals surface area contributed by atoms with Crippen LogP contribution in [0, 0.1) is 0 Å². The number of rotatable bonds is 6. The molecule has 0 spiro atoms. The van der Waals surface area contributed by atoms with Crippen LogP contribution in [0.5, 0.6) is 0 Å². The number of esters is 2. The number of oxime groups is 1. The molecule has 0 bridgehead atoms. The van der Waals surface area contributed by atoms with Gasteiger partial charge in [0, 0.05) is 0 Å². The molecule has 1 aromatic carbocycles. The third kappa shape index (κ3) is 7.15. The quantitative estimate of drug-likeness (QED) is 0.319. The van der Waals surface area contributed by atoms with Gasteiger partial charge in [0.15, 0.2) is 0 Å². The minimum Gasteiger partial charge on any atom is -0.468 e. The second kappa shape index (κ2) is 9.16. The number of thioether (sulfide) groups is 1. The second-order valence-electron chi connectivity index (χ2n) is 4.01. The average Bonchev–Trinajstić information content (AvgIpc) is 2.54. The van der Waals surface area contributed by atoms with Crippen LogP contribution >= 0.6 is 11.8 Å². The van der Waals surface area contributed by atoms with Crippen LogP contribution in [-0.4, -0.2) is 45.4 Å². The molecule has 0 unspecified atom stereocenters. The lowest BCUT2D eigenvalue weighted by Gasteiger charge is -2.05. The second-order valence-corrected chi connectivity index (χ2v) is 6.53. The Labute approximate surface area is 137 Å². The van der Waals surface area contributed by atoms with E-state index in [9.17, 15) is 18.0 Å². The molecule has 1 aromatic rings. The summed E-state index contributed by atoms with van der Waals surface area (Å²) in [5.74, 6) is -2.19. The lowest BCUT2D eigenvalue weighted by atomic mass is 10.2. The SMILES string of the molecule is COC(=O)CSC(=NOS(=O)(=O)Cc1ccccc1)C(=O)OC. The van der Waals surface area contributed by atoms with E-state index in [0.717, 1.165) is 7.11 Å². The lowest BCUT2D eigenvalue weighted by molar-refractivity contribution is -0.137. The van der Waals surface area contributed by atoms with Crippen molar-refractivity contribution in [1.82, 2.24) is 0 Å². The maximum atomic E-state index is 11.8. The first-order valence-corrected chi connectivity index (χ1v) is 8.75. The van der Waals surface area contributed by atoms with Crippen LogP contribution in [-0.2, 0) is 39.2 Å². The molecule has 0 aliphatic carbocycles. The summed E-state index contributed by atoms with van der Waals surface area (Å²) in [6.07, 6.45) is 0. The Kier molecular flexibility index (Phi) is 7.55. The first-order chi connectivity index (χ1) is 10.9. The van der Waals surface area contributed by atoms with Crippen molar-refractivity contribution in [3.8, 4) is 0 Å². The van der Waals surface area contributed by atoms with Crippen molar-refractivity contribution in [3.05, 3.63) is 35.9 Å². The number of ether oxygens (including phenoxy) is 2. The highest BCUT2D eigenvalue weighted by atomic mass is 32.2. The summed E-state index contributed by atoms with van der Waals surface area (Å²) in [5, 5.41) is 2.87. The van der Waals surface area contributed by atoms with E-state index < -0.39 is 32.9 Å². The average molecular weight is 361 g/mol. The fraction of sp³-hybridized carbons (Fsp3) is 0.308. The summed E-state index contributed by atoms with van der Waals surface area (Å²) >= 11 is 0.645. The van der Waals surface area contributed by atoms with Crippen molar-refractivity contribution in [3.63, 3.8) is 0 Å². The van der Waals surface area contributed by atoms with Gasteiger partial charge in [-0.15, -0.1) is 0 Å². The number of hydrogen-bond donors (Lipinski definition) is 0. The van der Waals surface area contributed by atoms with Crippen LogP contribution < -0.4 is 0 Å². The van der Waals surface area contributed by atoms with Gasteiger partial charge in [-0.25, -0.2) is 4.79 Å². The largest absolute Gasteiger partial charge is 0.468 e. The van der Waals surface area contributed by atoms with Crippen LogP contribution in [0.1, 0.15) is 5.56 Å². The molecule has 0 aliphatic heterocycles. The first-order valence-electron chi connectivity index (χ1n) is 6.19. The molecule has 0 N–H and O–H groups in total. The molecule has 0 aliphatic rings. The fourth-order valence-electron chi connectivity index (χ4n) is 1.29. The highest BCUT2D eigenvalue weighted by Crippen LogP contribution is 2.11. The lowest BCUT2D eigenvalue weighted by Crippen LogP contribution is -2.17. The van der Waals surface area contributed by atoms with Gasteiger partial charge in [0.05, 0.1) is 20.0 Å². The van der Waals surface area contributed by atoms with Crippen molar-refractivity contribution in [2.24, 2.45) is 5.16 Å². The highest BCUT2D eigenvalue weighted by Gasteiger charge is 2.19. The molecular formula is C13H15NO7S2. The summed E-state index contributed by atoms with van der Waals surface area (Å²) in [6.45, 7) is 0. The van der Waals surface area contributed by atoms with E-state index in [1.165, 1.54) is 7.11 Å². The number of methoxy groups -OCH3 is 2. The van der Waals surface area contributed by atoms with E-state index in [0.29, 0.717) is 17.3 Å². The summed E-state index contributed by atoms with van der Waals surface area (Å²) in [4.78, 5) is 22.5. The van der Waals surface area contributed by atoms with Gasteiger partial charge in [-0.05, 0) is 5.56 Å². The molecule has 23 heavy (non-hydrogen) atoms. The molecule has 0 aromatic heterocycles. The zero-order valence-electron chi connectivity index (χ0n) is 12.4. The molecule has 0 radical (unpaired) electrons. The first kappa shape index (κ1) is 19.0. The molecule has 126 valence electrons. The normalized spacial score (nSPS) is 11.7. The van der Waals surface area contributed by atoms with Gasteiger partial charge in [0.2, 0.25) is 5.04 Å². The molecule has 0 amide bonds. The van der Waals surface area contributed by atoms with Gasteiger partial charge in [-0.3, -0.25) is 9.08 Å². The standard InChI is InChI=1S/C13H15NO7S2/c1-19-11(15)8-22-12(13(16)20-2)14-21-23(17,18)9-10-6-4-3-5-7-10/h3-7H,8-9H2,1-2H3. The third-order valence-corrected chi connectivity index (χ3v) is 4.22. The van der Waals surface area contributed by atoms with E-state index in [1.54, 1.807) is 30.3 Å². The smallest absolute Gasteiger partial charge is 0.366 e. The number of carbonyl (C=O) groups excluding carboxylic acids is 2. The van der Waals surface area contributed by atoms with Gasteiger partial charge in [0.1, 0.15) is 5.75 Å². The molecule has 8 nitrogen and oxygen atoms in total. The molecular weight excluding hydrogens is 346 g/mol. The predicted octanol–water partition coefficient (Wildman–Crippen LogP) is 0.926. The minimum atomic E-state index is -4.04. The predicted molar refractivity (Wildman–Crippen MR) is 84.1 cm³/mol. The van der Waals surface area contributed by atoms with Gasteiger partial charge >= 0.3 is 22.1 Å². The number of carbonyl (C=O) groups is 2. The van der Waals surface area contributed by atoms with Crippen LogP contribution in [0.15, 0.2) is 35.5 Å². The van der Waals surface area contributed by atoms with Crippen LogP contribution in [0.4, 0.5) is 0 Å². The van der Waals surface area contributed by atoms with Gasteiger partial charge < -0.3 is 9.47 Å². The van der Waals surface area contributed by atoms with E-state index in [4.69, 9.17) is 0 Å². The summed E-state index contributed by atoms with van der Waals surface area (Å²) < 4.78 is 37.0. The zero-order chi connectivity index (χ0) is 17.3. The summed E-state index contributed by atoms with van der Waals surface area (Å²) in [5.41, 5.74) is 0.504. The Morgan fingerprint density at radius 1 is 1.13 bits per heavy atom. The number of nitrogens with zero attached hydrogens (tertiary/aromatic N) is 1. The maximum absolute atomic E-state index is 11.8. The van der Waals surface area contributed by atoms with Crippen molar-refractivity contribution < 1.29 is 31.8 Å². The number of benzene rings is 1. The van der Waals surface area contributed by atoms with Gasteiger partial charge in [0.25, 0.3) is 0 Å². The minimum absolute atomic E-state index is 0.244. The van der Waals surface area contributed by atoms with Gasteiger partial charge in [-0.1, -0.05) is 47.2 Å². The van der Waals surface area contributed by atoms with Crippen LogP contribution in [0.25, 0.3) is 0 Å². The van der Waals surface area contributed by atoms with E-state index in [1.807, 2.05) is 0 Å². The topological polar surface area (TPSA) is 108 Å². The zero-order valence-corrected chi connectivity index (χ0v) is 14.1. The Morgan fingerprint density at radius 2 is 1.78 bits per heavy atom. The number of hydrogen-bond acceptors (Lipinski definition) is 9. The maximum Gasteiger partial charge on any atom is 0.366 e.